The molecule has 6 aliphatic rings. The number of ketones is 3. The van der Waals surface area contributed by atoms with E-state index < -0.39 is 137 Å². The van der Waals surface area contributed by atoms with Gasteiger partial charge in [0.2, 0.25) is 0 Å². The predicted octanol–water partition coefficient (Wildman–Crippen LogP) is 12.9. The first-order chi connectivity index (χ1) is 52.6. The van der Waals surface area contributed by atoms with E-state index in [0.717, 1.165) is 92.6 Å². The van der Waals surface area contributed by atoms with E-state index in [0.29, 0.717) is 9.80 Å². The Balaban J connectivity index is 0.000000178. The van der Waals surface area contributed by atoms with Crippen LogP contribution in [0.1, 0.15) is 121 Å². The van der Waals surface area contributed by atoms with Crippen molar-refractivity contribution in [3.63, 3.8) is 0 Å². The number of nitrogens with zero attached hydrogens (tertiary/aromatic N) is 9. The minimum atomic E-state index is -4.72. The second-order valence-corrected chi connectivity index (χ2v) is 30.9. The van der Waals surface area contributed by atoms with Crippen LogP contribution in [0.2, 0.25) is 0 Å². The molecular formula is C74H61F9N12O14S3. The molecule has 0 radical (unpaired) electrons. The highest BCUT2D eigenvalue weighted by molar-refractivity contribution is 7.91. The van der Waals surface area contributed by atoms with Gasteiger partial charge >= 0.3 is 54.7 Å². The van der Waals surface area contributed by atoms with Gasteiger partial charge < -0.3 is 16.0 Å². The van der Waals surface area contributed by atoms with Gasteiger partial charge in [-0.15, -0.1) is 0 Å². The molecule has 112 heavy (non-hydrogen) atoms. The summed E-state index contributed by atoms with van der Waals surface area (Å²) in [4.78, 5) is 124. The number of halogens is 9. The molecular weight excluding hydrogens is 1550 g/mol. The third-order valence-corrected chi connectivity index (χ3v) is 22.5. The maximum Gasteiger partial charge on any atom is 0.416 e. The second kappa shape index (κ2) is 31.6. The van der Waals surface area contributed by atoms with Gasteiger partial charge in [0.25, 0.3) is 0 Å². The zero-order chi connectivity index (χ0) is 82.3. The molecule has 12 rings (SSSR count). The summed E-state index contributed by atoms with van der Waals surface area (Å²) in [6.45, 7) is 3.01. The number of Topliss-reactive ketones (excluding diaryl/α,β-unsaturated/α-hetero) is 3. The second-order valence-electron chi connectivity index (χ2n) is 25.3. The first-order valence-corrected chi connectivity index (χ1v) is 38.5. The standard InChI is InChI=1S/2C25H21F3N4O5S.C24H19F3N4O4S/c1-3-30-23(34)32-22(17-8-7-14(13-29)11-20(17)38(2,36)37)21-18(9-10-19(21)33)31(24(32)35)16-6-4-5-15(12-16)25(26,27)28;1-3-38(36,37)20-11-14(13-29)7-8-17(20)22-21-18(9-10-19(21)33)31(24(35)32(22)23(34)30-2)16-6-4-5-15(12-16)25(26,27)28;1-29-22(33)31-21(16-7-6-13(12-28)10-19(16)36(2)35)20-17(8-9-18(20)32)30(23(31)34)15-5-3-4-14(11-15)24(25,26)27/h2*4-8,11-12,22H,3,9-10H2,1-2H3,(H,30,34);3-7,10-11,21H,8-9H2,1-2H3,(H,29,33)/t22-;;/m1../s1. The largest absolute Gasteiger partial charge is 0.416 e. The molecule has 12 amide bonds. The van der Waals surface area contributed by atoms with Gasteiger partial charge in [-0.25, -0.2) is 60.3 Å². The van der Waals surface area contributed by atoms with Crippen LogP contribution in [0.15, 0.2) is 176 Å². The van der Waals surface area contributed by atoms with Crippen molar-refractivity contribution in [3.8, 4) is 18.2 Å². The Hall–Kier alpha value is -12.3. The summed E-state index contributed by atoms with van der Waals surface area (Å²) in [6, 6.07) is 18.8. The zero-order valence-electron chi connectivity index (χ0n) is 59.4. The summed E-state index contributed by atoms with van der Waals surface area (Å²) in [5, 5.41) is 35.0. The van der Waals surface area contributed by atoms with Crippen LogP contribution in [-0.4, -0.2) is 128 Å². The Morgan fingerprint density at radius 3 is 1.11 bits per heavy atom. The number of rotatable bonds is 11. The van der Waals surface area contributed by atoms with E-state index in [1.54, 1.807) is 6.92 Å². The molecule has 0 saturated carbocycles. The fourth-order valence-corrected chi connectivity index (χ4v) is 16.6. The summed E-state index contributed by atoms with van der Waals surface area (Å²) >= 11 is 0. The molecule has 3 N–H and O–H groups in total. The Morgan fingerprint density at radius 1 is 0.473 bits per heavy atom. The Kier molecular flexibility index (Phi) is 23.2. The molecule has 0 aromatic heterocycles. The first-order valence-electron chi connectivity index (χ1n) is 33.4. The van der Waals surface area contributed by atoms with Crippen LogP contribution in [-0.2, 0) is 63.4 Å². The molecule has 0 spiro atoms. The van der Waals surface area contributed by atoms with Crippen molar-refractivity contribution >= 4 is 101 Å². The summed E-state index contributed by atoms with van der Waals surface area (Å²) in [7, 11) is -7.22. The maximum atomic E-state index is 13.9. The molecule has 3 aliphatic heterocycles. The van der Waals surface area contributed by atoms with E-state index >= 15 is 0 Å². The van der Waals surface area contributed by atoms with E-state index in [1.165, 1.54) is 87.9 Å². The lowest BCUT2D eigenvalue weighted by Gasteiger charge is -2.41. The van der Waals surface area contributed by atoms with Gasteiger partial charge in [0.15, 0.2) is 37.0 Å². The predicted molar refractivity (Wildman–Crippen MR) is 380 cm³/mol. The highest BCUT2D eigenvalue weighted by Crippen LogP contribution is 2.51. The molecule has 0 saturated heterocycles. The Morgan fingerprint density at radius 2 is 0.795 bits per heavy atom. The zero-order valence-corrected chi connectivity index (χ0v) is 61.8. The summed E-state index contributed by atoms with van der Waals surface area (Å²) < 4.78 is 185. The van der Waals surface area contributed by atoms with Gasteiger partial charge in [0.05, 0.1) is 101 Å². The van der Waals surface area contributed by atoms with E-state index in [4.69, 9.17) is 0 Å². The average molecular weight is 1610 g/mol. The number of urea groups is 6. The van der Waals surface area contributed by atoms with E-state index in [2.05, 4.69) is 16.0 Å². The smallest absolute Gasteiger partial charge is 0.341 e. The third-order valence-electron chi connectivity index (χ3n) is 18.6. The van der Waals surface area contributed by atoms with Gasteiger partial charge in [-0.05, 0) is 134 Å². The van der Waals surface area contributed by atoms with Gasteiger partial charge in [-0.1, -0.05) is 43.3 Å². The lowest BCUT2D eigenvalue weighted by Crippen LogP contribution is -2.55. The van der Waals surface area contributed by atoms with Crippen LogP contribution in [0.3, 0.4) is 0 Å². The number of hydrogen-bond donors (Lipinski definition) is 3. The van der Waals surface area contributed by atoms with Gasteiger partial charge in [0, 0.05) is 91.1 Å². The molecule has 6 aromatic rings. The SMILES string of the molecule is CCNC(=O)N1C(=O)N(c2cccc(C(F)(F)F)c2)C2=C(C(=O)CC2)[C@H]1c1ccc(C#N)cc1S(C)(=O)=O.CCS(=O)(=O)c1cc(C#N)ccc1C1C2=C(CCC2=O)N(c2cccc(C(F)(F)F)c2)C(=O)N1C(=O)NC.CNC(=O)N1C(=O)N(c2cccc(C(F)(F)F)c2)C2=C(C(=O)CC2)C1c1ccc(C#N)cc1S(C)=O. The lowest BCUT2D eigenvalue weighted by molar-refractivity contribution is -0.138. The number of carbonyl (C=O) groups excluding carboxylic acids is 9. The van der Waals surface area contributed by atoms with Gasteiger partial charge in [-0.3, -0.25) is 33.3 Å². The highest BCUT2D eigenvalue weighted by Gasteiger charge is 2.54. The summed E-state index contributed by atoms with van der Waals surface area (Å²) in [6.07, 6.45) is -12.1. The van der Waals surface area contributed by atoms with Crippen LogP contribution >= 0.6 is 0 Å². The van der Waals surface area contributed by atoms with Crippen molar-refractivity contribution in [1.29, 1.82) is 15.8 Å². The van der Waals surface area contributed by atoms with E-state index in [9.17, 15) is 119 Å². The number of amides is 12. The van der Waals surface area contributed by atoms with Gasteiger partial charge in [0.1, 0.15) is 12.1 Å². The molecule has 3 heterocycles. The fourth-order valence-electron chi connectivity index (χ4n) is 13.7. The molecule has 26 nitrogen and oxygen atoms in total. The van der Waals surface area contributed by atoms with E-state index in [1.807, 2.05) is 18.2 Å². The minimum absolute atomic E-state index is 0.00147. The molecule has 0 bridgehead atoms. The number of sulfone groups is 2. The Bertz CT molecular complexity index is 5550. The monoisotopic (exact) mass is 1610 g/mol. The molecule has 582 valence electrons. The van der Waals surface area contributed by atoms with Crippen LogP contribution in [0.4, 0.5) is 85.3 Å². The lowest BCUT2D eigenvalue weighted by atomic mass is 9.92. The number of nitriles is 3. The van der Waals surface area contributed by atoms with E-state index in [-0.39, 0.29) is 150 Å². The molecule has 0 fully saturated rings. The quantitative estimate of drug-likeness (QED) is 0.101. The Labute approximate surface area is 634 Å². The normalized spacial score (nSPS) is 18.2. The molecule has 6 aromatic carbocycles. The van der Waals surface area contributed by atoms with Crippen molar-refractivity contribution in [2.75, 3.05) is 53.6 Å². The number of anilines is 3. The van der Waals surface area contributed by atoms with Crippen LogP contribution < -0.4 is 30.7 Å². The number of allylic oxidation sites excluding steroid dienone is 3. The number of nitrogens with one attached hydrogen (secondary N) is 3. The number of benzene rings is 6. The number of imide groups is 3. The number of carbonyl (C=O) groups is 9. The van der Waals surface area contributed by atoms with Crippen molar-refractivity contribution in [3.05, 3.63) is 211 Å². The van der Waals surface area contributed by atoms with Crippen LogP contribution in [0, 0.1) is 34.0 Å². The number of alkyl halides is 9. The van der Waals surface area contributed by atoms with Crippen LogP contribution in [0.25, 0.3) is 0 Å². The van der Waals surface area contributed by atoms with Crippen LogP contribution in [0.5, 0.6) is 0 Å². The number of hydrogen-bond acceptors (Lipinski definition) is 17. The first kappa shape index (κ1) is 82.2. The van der Waals surface area contributed by atoms with Crippen molar-refractivity contribution in [2.24, 2.45) is 0 Å². The summed E-state index contributed by atoms with van der Waals surface area (Å²) in [5.41, 5.74) is -3.17. The molecule has 3 unspecified atom stereocenters. The minimum Gasteiger partial charge on any atom is -0.341 e. The maximum absolute atomic E-state index is 13.9. The molecule has 3 aliphatic carbocycles. The highest BCUT2D eigenvalue weighted by atomic mass is 32.2. The van der Waals surface area contributed by atoms with Gasteiger partial charge in [-0.2, -0.15) is 55.3 Å². The van der Waals surface area contributed by atoms with Crippen molar-refractivity contribution < 1.29 is 104 Å². The topological polar surface area (TPSA) is 366 Å². The molecule has 38 heteroatoms. The molecule has 4 atom stereocenters. The van der Waals surface area contributed by atoms with Crippen molar-refractivity contribution in [1.82, 2.24) is 30.7 Å². The summed E-state index contributed by atoms with van der Waals surface area (Å²) in [5.74, 6) is -1.75. The van der Waals surface area contributed by atoms with Crippen molar-refractivity contribution in [2.45, 2.75) is 104 Å². The fraction of sp³-hybridized carbons (Fsp3) is 0.270. The third kappa shape index (κ3) is 15.6. The average Bonchev–Trinajstić information content (AvgIpc) is 1.40.